The Labute approximate surface area is 173 Å². The molecule has 0 aliphatic rings. The van der Waals surface area contributed by atoms with E-state index in [1.54, 1.807) is 18.2 Å². The average molecular weight is 438 g/mol. The van der Waals surface area contributed by atoms with Gasteiger partial charge in [-0.3, -0.25) is 19.5 Å². The van der Waals surface area contributed by atoms with Gasteiger partial charge in [0.15, 0.2) is 12.4 Å². The summed E-state index contributed by atoms with van der Waals surface area (Å²) in [7, 11) is 0. The monoisotopic (exact) mass is 437 g/mol. The molecule has 0 saturated heterocycles. The number of carbonyl (C=O) groups is 1. The number of nitro benzene ring substituents is 1. The standard InChI is InChI=1S/C18H14ClF2N5O4/c1-10(17-23-13-4-2-3-5-14(13)25(17)18(20)21)24-30-9-16(27)22-11-6-7-12(19)15(8-11)26(28)29/h2-8,18H,9H2,1H3,(H,22,27). The summed E-state index contributed by atoms with van der Waals surface area (Å²) < 4.78 is 27.6. The minimum Gasteiger partial charge on any atom is -0.385 e. The molecule has 0 bridgehead atoms. The highest BCUT2D eigenvalue weighted by Crippen LogP contribution is 2.27. The number of nitrogens with one attached hydrogen (secondary N) is 1. The normalized spacial score (nSPS) is 11.7. The maximum Gasteiger partial charge on any atom is 0.320 e. The van der Waals surface area contributed by atoms with Gasteiger partial charge in [0.1, 0.15) is 10.7 Å². The lowest BCUT2D eigenvalue weighted by Crippen LogP contribution is -2.18. The second-order valence-electron chi connectivity index (χ2n) is 5.99. The van der Waals surface area contributed by atoms with Crippen LogP contribution in [0.25, 0.3) is 11.0 Å². The fourth-order valence-electron chi connectivity index (χ4n) is 2.65. The first-order valence-corrected chi connectivity index (χ1v) is 8.81. The molecule has 0 atom stereocenters. The van der Waals surface area contributed by atoms with E-state index in [4.69, 9.17) is 16.4 Å². The zero-order valence-corrected chi connectivity index (χ0v) is 16.1. The van der Waals surface area contributed by atoms with Crippen molar-refractivity contribution in [2.24, 2.45) is 5.16 Å². The average Bonchev–Trinajstić information content (AvgIpc) is 3.09. The molecule has 0 spiro atoms. The van der Waals surface area contributed by atoms with Crippen molar-refractivity contribution < 1.29 is 23.3 Å². The van der Waals surface area contributed by atoms with E-state index in [1.165, 1.54) is 25.1 Å². The largest absolute Gasteiger partial charge is 0.385 e. The van der Waals surface area contributed by atoms with Gasteiger partial charge in [0.2, 0.25) is 0 Å². The number of imidazole rings is 1. The van der Waals surface area contributed by atoms with Gasteiger partial charge >= 0.3 is 6.55 Å². The van der Waals surface area contributed by atoms with E-state index < -0.39 is 24.0 Å². The van der Waals surface area contributed by atoms with Crippen LogP contribution in [0.1, 0.15) is 19.3 Å². The number of hydrogen-bond donors (Lipinski definition) is 1. The number of oxime groups is 1. The van der Waals surface area contributed by atoms with Crippen molar-refractivity contribution in [3.05, 3.63) is 63.4 Å². The molecule has 3 rings (SSSR count). The molecule has 1 heterocycles. The Kier molecular flexibility index (Phi) is 6.21. The highest BCUT2D eigenvalue weighted by molar-refractivity contribution is 6.32. The smallest absolute Gasteiger partial charge is 0.320 e. The van der Waals surface area contributed by atoms with Crippen molar-refractivity contribution in [3.8, 4) is 0 Å². The predicted molar refractivity (Wildman–Crippen MR) is 106 cm³/mol. The van der Waals surface area contributed by atoms with Crippen LogP contribution in [0.3, 0.4) is 0 Å². The molecule has 1 N–H and O–H groups in total. The van der Waals surface area contributed by atoms with Crippen LogP contribution in [0.5, 0.6) is 0 Å². The van der Waals surface area contributed by atoms with E-state index in [9.17, 15) is 23.7 Å². The number of alkyl halides is 2. The van der Waals surface area contributed by atoms with Crippen molar-refractivity contribution in [2.45, 2.75) is 13.5 Å². The molecule has 0 aliphatic heterocycles. The van der Waals surface area contributed by atoms with Gasteiger partial charge in [0.25, 0.3) is 11.6 Å². The third-order valence-corrected chi connectivity index (χ3v) is 4.26. The third kappa shape index (κ3) is 4.51. The molecule has 156 valence electrons. The summed E-state index contributed by atoms with van der Waals surface area (Å²) in [6, 6.07) is 10.1. The SMILES string of the molecule is CC(=NOCC(=O)Nc1ccc(Cl)c([N+](=O)[O-])c1)c1nc2ccccc2n1C(F)F. The zero-order valence-electron chi connectivity index (χ0n) is 15.4. The van der Waals surface area contributed by atoms with Crippen LogP contribution in [0.15, 0.2) is 47.6 Å². The minimum absolute atomic E-state index is 0.0430. The van der Waals surface area contributed by atoms with Crippen LogP contribution >= 0.6 is 11.6 Å². The van der Waals surface area contributed by atoms with Gasteiger partial charge in [-0.1, -0.05) is 28.9 Å². The lowest BCUT2D eigenvalue weighted by atomic mass is 10.3. The Bertz CT molecular complexity index is 1150. The first kappa shape index (κ1) is 21.1. The van der Waals surface area contributed by atoms with E-state index in [0.29, 0.717) is 10.1 Å². The van der Waals surface area contributed by atoms with Gasteiger partial charge < -0.3 is 10.2 Å². The molecule has 12 heteroatoms. The van der Waals surface area contributed by atoms with Crippen molar-refractivity contribution in [3.63, 3.8) is 0 Å². The Hall–Kier alpha value is -3.60. The first-order valence-electron chi connectivity index (χ1n) is 8.43. The van der Waals surface area contributed by atoms with Crippen LogP contribution in [-0.2, 0) is 9.63 Å². The van der Waals surface area contributed by atoms with E-state index in [-0.39, 0.29) is 33.5 Å². The zero-order chi connectivity index (χ0) is 21.8. The molecular formula is C18H14ClF2N5O4. The van der Waals surface area contributed by atoms with E-state index >= 15 is 0 Å². The second-order valence-corrected chi connectivity index (χ2v) is 6.40. The predicted octanol–water partition coefficient (Wildman–Crippen LogP) is 4.37. The number of rotatable bonds is 7. The van der Waals surface area contributed by atoms with Crippen molar-refractivity contribution >= 4 is 45.6 Å². The van der Waals surface area contributed by atoms with Crippen LogP contribution in [0.2, 0.25) is 5.02 Å². The lowest BCUT2D eigenvalue weighted by molar-refractivity contribution is -0.384. The number of fused-ring (bicyclic) bond motifs is 1. The Morgan fingerprint density at radius 2 is 2.10 bits per heavy atom. The molecule has 0 aliphatic carbocycles. The number of nitro groups is 1. The molecule has 0 unspecified atom stereocenters. The Balaban J connectivity index is 1.69. The number of amides is 1. The molecule has 30 heavy (non-hydrogen) atoms. The molecule has 1 aromatic heterocycles. The molecule has 3 aromatic rings. The van der Waals surface area contributed by atoms with Crippen molar-refractivity contribution in [1.29, 1.82) is 0 Å². The summed E-state index contributed by atoms with van der Waals surface area (Å²) in [6.45, 7) is -1.98. The van der Waals surface area contributed by atoms with E-state index in [0.717, 1.165) is 6.07 Å². The third-order valence-electron chi connectivity index (χ3n) is 3.94. The Morgan fingerprint density at radius 1 is 1.37 bits per heavy atom. The van der Waals surface area contributed by atoms with Crippen LogP contribution in [0.4, 0.5) is 20.2 Å². The summed E-state index contributed by atoms with van der Waals surface area (Å²) in [6.07, 6.45) is 0. The number of hydrogen-bond acceptors (Lipinski definition) is 6. The molecule has 1 amide bonds. The van der Waals surface area contributed by atoms with E-state index in [1.807, 2.05) is 0 Å². The van der Waals surface area contributed by atoms with Gasteiger partial charge in [-0.05, 0) is 31.2 Å². The number of aromatic nitrogens is 2. The number of nitrogens with zero attached hydrogens (tertiary/aromatic N) is 4. The number of anilines is 1. The number of halogens is 3. The van der Waals surface area contributed by atoms with Gasteiger partial charge in [-0.2, -0.15) is 8.78 Å². The van der Waals surface area contributed by atoms with Gasteiger partial charge in [-0.15, -0.1) is 0 Å². The quantitative estimate of drug-likeness (QED) is 0.335. The molecular weight excluding hydrogens is 424 g/mol. The van der Waals surface area contributed by atoms with Crippen LogP contribution in [-0.4, -0.2) is 32.7 Å². The maximum absolute atomic E-state index is 13.5. The molecule has 0 saturated carbocycles. The fourth-order valence-corrected chi connectivity index (χ4v) is 2.84. The van der Waals surface area contributed by atoms with Gasteiger partial charge in [0.05, 0.1) is 16.0 Å². The van der Waals surface area contributed by atoms with Crippen LogP contribution < -0.4 is 5.32 Å². The summed E-state index contributed by atoms with van der Waals surface area (Å²) in [5.74, 6) is -0.759. The van der Waals surface area contributed by atoms with Crippen molar-refractivity contribution in [1.82, 2.24) is 9.55 Å². The number of benzene rings is 2. The maximum atomic E-state index is 13.5. The molecule has 9 nitrogen and oxygen atoms in total. The number of para-hydroxylation sites is 2. The molecule has 0 radical (unpaired) electrons. The number of carbonyl (C=O) groups excluding carboxylic acids is 1. The highest BCUT2D eigenvalue weighted by Gasteiger charge is 2.20. The lowest BCUT2D eigenvalue weighted by Gasteiger charge is -2.08. The van der Waals surface area contributed by atoms with E-state index in [2.05, 4.69) is 15.5 Å². The fraction of sp³-hybridized carbons (Fsp3) is 0.167. The van der Waals surface area contributed by atoms with Crippen LogP contribution in [0, 0.1) is 10.1 Å². The Morgan fingerprint density at radius 3 is 2.80 bits per heavy atom. The summed E-state index contributed by atoms with van der Waals surface area (Å²) >= 11 is 5.71. The molecule has 2 aromatic carbocycles. The highest BCUT2D eigenvalue weighted by atomic mass is 35.5. The summed E-state index contributed by atoms with van der Waals surface area (Å²) in [5, 5.41) is 16.9. The minimum atomic E-state index is -2.85. The topological polar surface area (TPSA) is 112 Å². The van der Waals surface area contributed by atoms with Crippen molar-refractivity contribution in [2.75, 3.05) is 11.9 Å². The molecule has 0 fully saturated rings. The second kappa shape index (κ2) is 8.82. The first-order chi connectivity index (χ1) is 14.3. The summed E-state index contributed by atoms with van der Waals surface area (Å²) in [5.41, 5.74) is 0.417. The summed E-state index contributed by atoms with van der Waals surface area (Å²) in [4.78, 5) is 31.2. The van der Waals surface area contributed by atoms with Gasteiger partial charge in [0, 0.05) is 11.8 Å². The van der Waals surface area contributed by atoms with Gasteiger partial charge in [-0.25, -0.2) is 4.98 Å².